The Labute approximate surface area is 167 Å². The lowest BCUT2D eigenvalue weighted by Crippen LogP contribution is -2.52. The zero-order valence-corrected chi connectivity index (χ0v) is 18.1. The maximum atomic E-state index is 4.57. The van der Waals surface area contributed by atoms with Crippen molar-refractivity contribution in [2.75, 3.05) is 11.6 Å². The average Bonchev–Trinajstić information content (AvgIpc) is 2.53. The molecule has 0 unspecified atom stereocenters. The van der Waals surface area contributed by atoms with Gasteiger partial charge in [0, 0.05) is 21.0 Å². The largest absolute Gasteiger partial charge is 0.350 e. The molecule has 0 bridgehead atoms. The number of aliphatic imine (C=N–C) groups is 1. The van der Waals surface area contributed by atoms with E-state index < -0.39 is 0 Å². The molecule has 2 rings (SSSR count). The van der Waals surface area contributed by atoms with Crippen LogP contribution in [-0.4, -0.2) is 18.0 Å². The number of hydrazine groups is 1. The van der Waals surface area contributed by atoms with E-state index in [9.17, 15) is 0 Å². The Hall–Kier alpha value is -1.53. The van der Waals surface area contributed by atoms with Gasteiger partial charge in [0.25, 0.3) is 0 Å². The highest BCUT2D eigenvalue weighted by Crippen LogP contribution is 2.26. The summed E-state index contributed by atoms with van der Waals surface area (Å²) in [7, 11) is 0. The first-order chi connectivity index (χ1) is 11.8. The normalized spacial score (nSPS) is 12.0. The van der Waals surface area contributed by atoms with Crippen LogP contribution in [0.3, 0.4) is 0 Å². The highest BCUT2D eigenvalue weighted by atomic mass is 79.9. The molecule has 2 aromatic carbocycles. The Morgan fingerprint density at radius 3 is 1.72 bits per heavy atom. The van der Waals surface area contributed by atoms with Crippen molar-refractivity contribution in [2.24, 2.45) is 4.99 Å². The molecule has 0 atom stereocenters. The van der Waals surface area contributed by atoms with E-state index in [1.54, 1.807) is 0 Å². The Balaban J connectivity index is 2.38. The minimum Gasteiger partial charge on any atom is -0.350 e. The Morgan fingerprint density at radius 2 is 1.36 bits per heavy atom. The molecule has 2 N–H and O–H groups in total. The van der Waals surface area contributed by atoms with Gasteiger partial charge in [-0.3, -0.25) is 15.4 Å². The lowest BCUT2D eigenvalue weighted by atomic mass is 10.1. The summed E-state index contributed by atoms with van der Waals surface area (Å²) in [4.78, 5) is 4.57. The molecule has 6 heteroatoms. The maximum absolute atomic E-state index is 4.57. The van der Waals surface area contributed by atoms with Crippen LogP contribution in [0, 0.1) is 0 Å². The van der Waals surface area contributed by atoms with Gasteiger partial charge in [-0.2, -0.15) is 0 Å². The van der Waals surface area contributed by atoms with E-state index in [-0.39, 0.29) is 5.54 Å². The molecule has 0 saturated carbocycles. The van der Waals surface area contributed by atoms with Gasteiger partial charge in [0.2, 0.25) is 5.96 Å². The molecular formula is C19H24Br2N4. The van der Waals surface area contributed by atoms with Gasteiger partial charge >= 0.3 is 0 Å². The second-order valence-electron chi connectivity index (χ2n) is 6.60. The van der Waals surface area contributed by atoms with Crippen molar-refractivity contribution in [3.05, 3.63) is 57.5 Å². The summed E-state index contributed by atoms with van der Waals surface area (Å²) >= 11 is 6.99. The van der Waals surface area contributed by atoms with E-state index in [0.717, 1.165) is 26.3 Å². The van der Waals surface area contributed by atoms with Crippen LogP contribution in [0.15, 0.2) is 62.5 Å². The summed E-state index contributed by atoms with van der Waals surface area (Å²) in [5.41, 5.74) is 5.37. The molecule has 0 saturated heterocycles. The minimum atomic E-state index is -0.0912. The minimum absolute atomic E-state index is 0.0912. The Kier molecular flexibility index (Phi) is 6.90. The number of nitrogens with one attached hydrogen (secondary N) is 2. The van der Waals surface area contributed by atoms with Crippen molar-refractivity contribution in [1.82, 2.24) is 10.7 Å². The number of halogens is 2. The van der Waals surface area contributed by atoms with Gasteiger partial charge < -0.3 is 5.32 Å². The van der Waals surface area contributed by atoms with Crippen molar-refractivity contribution < 1.29 is 0 Å². The van der Waals surface area contributed by atoms with Crippen LogP contribution in [0.4, 0.5) is 11.4 Å². The zero-order valence-electron chi connectivity index (χ0n) is 15.0. The standard InChI is InChI=1S/C19H24Br2N4/c1-5-22-18(23-19(2,3)4)24-25(16-10-6-14(20)7-11-16)17-12-8-15(21)9-13-17/h6-13H,5H2,1-4H3,(H2,22,23,24). The molecule has 134 valence electrons. The molecule has 0 aliphatic carbocycles. The molecule has 0 radical (unpaired) electrons. The van der Waals surface area contributed by atoms with Gasteiger partial charge in [-0.1, -0.05) is 31.9 Å². The van der Waals surface area contributed by atoms with Gasteiger partial charge in [-0.05, 0) is 76.2 Å². The summed E-state index contributed by atoms with van der Waals surface area (Å²) in [5, 5.41) is 5.45. The van der Waals surface area contributed by atoms with Crippen molar-refractivity contribution >= 4 is 49.2 Å². The molecule has 2 aromatic rings. The monoisotopic (exact) mass is 466 g/mol. The fourth-order valence-corrected chi connectivity index (χ4v) is 2.71. The molecule has 0 amide bonds. The highest BCUT2D eigenvalue weighted by molar-refractivity contribution is 9.10. The number of nitrogens with zero attached hydrogens (tertiary/aromatic N) is 2. The predicted molar refractivity (Wildman–Crippen MR) is 114 cm³/mol. The number of benzene rings is 2. The summed E-state index contributed by atoms with van der Waals surface area (Å²) in [6.45, 7) is 9.06. The van der Waals surface area contributed by atoms with Crippen LogP contribution in [0.5, 0.6) is 0 Å². The number of hydrogen-bond donors (Lipinski definition) is 2. The number of hydrogen-bond acceptors (Lipinski definition) is 2. The summed E-state index contributed by atoms with van der Waals surface area (Å²) in [6.07, 6.45) is 0. The van der Waals surface area contributed by atoms with Crippen LogP contribution in [-0.2, 0) is 0 Å². The SMILES string of the molecule is CCN=C(NN(c1ccc(Br)cc1)c1ccc(Br)cc1)NC(C)(C)C. The lowest BCUT2D eigenvalue weighted by molar-refractivity contribution is 0.501. The smallest absolute Gasteiger partial charge is 0.211 e. The van der Waals surface area contributed by atoms with E-state index in [1.807, 2.05) is 36.2 Å². The second kappa shape index (κ2) is 8.72. The van der Waals surface area contributed by atoms with Crippen molar-refractivity contribution in [1.29, 1.82) is 0 Å². The fraction of sp³-hybridized carbons (Fsp3) is 0.316. The summed E-state index contributed by atoms with van der Waals surface area (Å²) < 4.78 is 2.09. The third-order valence-electron chi connectivity index (χ3n) is 3.20. The molecule has 25 heavy (non-hydrogen) atoms. The summed E-state index contributed by atoms with van der Waals surface area (Å²) in [6, 6.07) is 16.3. The van der Waals surface area contributed by atoms with Gasteiger partial charge in [0.05, 0.1) is 11.4 Å². The van der Waals surface area contributed by atoms with Crippen molar-refractivity contribution in [2.45, 2.75) is 33.2 Å². The summed E-state index contributed by atoms with van der Waals surface area (Å²) in [5.74, 6) is 0.737. The van der Waals surface area contributed by atoms with Crippen LogP contribution in [0.1, 0.15) is 27.7 Å². The average molecular weight is 468 g/mol. The zero-order chi connectivity index (χ0) is 18.4. The van der Waals surface area contributed by atoms with E-state index in [0.29, 0.717) is 6.54 Å². The molecule has 0 aromatic heterocycles. The predicted octanol–water partition coefficient (Wildman–Crippen LogP) is 5.62. The fourth-order valence-electron chi connectivity index (χ4n) is 2.18. The number of anilines is 2. The van der Waals surface area contributed by atoms with Gasteiger partial charge in [0.1, 0.15) is 0 Å². The first kappa shape index (κ1) is 19.8. The third kappa shape index (κ3) is 6.36. The van der Waals surface area contributed by atoms with E-state index >= 15 is 0 Å². The molecule has 4 nitrogen and oxygen atoms in total. The molecule has 0 spiro atoms. The molecule has 0 fully saturated rings. The van der Waals surface area contributed by atoms with Crippen LogP contribution in [0.25, 0.3) is 0 Å². The number of guanidine groups is 1. The lowest BCUT2D eigenvalue weighted by Gasteiger charge is -2.31. The Morgan fingerprint density at radius 1 is 0.920 bits per heavy atom. The van der Waals surface area contributed by atoms with Crippen molar-refractivity contribution in [3.8, 4) is 0 Å². The quantitative estimate of drug-likeness (QED) is 0.348. The topological polar surface area (TPSA) is 39.7 Å². The maximum Gasteiger partial charge on any atom is 0.211 e. The van der Waals surface area contributed by atoms with E-state index in [1.165, 1.54) is 0 Å². The highest BCUT2D eigenvalue weighted by Gasteiger charge is 2.16. The number of rotatable bonds is 4. The van der Waals surface area contributed by atoms with Gasteiger partial charge in [-0.15, -0.1) is 0 Å². The van der Waals surface area contributed by atoms with Gasteiger partial charge in [0.15, 0.2) is 0 Å². The van der Waals surface area contributed by atoms with Crippen molar-refractivity contribution in [3.63, 3.8) is 0 Å². The van der Waals surface area contributed by atoms with Gasteiger partial charge in [-0.25, -0.2) is 0 Å². The first-order valence-corrected chi connectivity index (χ1v) is 9.77. The third-order valence-corrected chi connectivity index (χ3v) is 4.25. The first-order valence-electron chi connectivity index (χ1n) is 8.19. The molecule has 0 aliphatic heterocycles. The second-order valence-corrected chi connectivity index (χ2v) is 8.43. The van der Waals surface area contributed by atoms with Crippen LogP contribution >= 0.6 is 31.9 Å². The molecule has 0 aliphatic rings. The Bertz CT molecular complexity index is 658. The molecule has 0 heterocycles. The van der Waals surface area contributed by atoms with E-state index in [4.69, 9.17) is 0 Å². The van der Waals surface area contributed by atoms with E-state index in [2.05, 4.69) is 92.6 Å². The van der Waals surface area contributed by atoms with Crippen LogP contribution < -0.4 is 15.8 Å². The van der Waals surface area contributed by atoms with Crippen LogP contribution in [0.2, 0.25) is 0 Å². The molecular weight excluding hydrogens is 444 g/mol.